The van der Waals surface area contributed by atoms with Gasteiger partial charge in [0.05, 0.1) is 14.0 Å². The molecule has 4 rings (SSSR count). The Morgan fingerprint density at radius 1 is 1.15 bits per heavy atom. The van der Waals surface area contributed by atoms with Crippen LogP contribution in [0.15, 0.2) is 41.6 Å². The SMILES string of the molecule is [2H]C1C([2H])([2H])N(Cc2ccc(/C(=N/OC([2H])([2H])c3ccc(C4CCCCC4)c(C(F)(F)F)c3)C([2H])([2H])[2H])cc2C([2H])([2H])C([2H])([2H])[2H])C1([2H])[2H]. The second kappa shape index (κ2) is 10.9. The highest BCUT2D eigenvalue weighted by Gasteiger charge is 2.35. The first-order valence-electron chi connectivity index (χ1n) is 18.5. The molecular weight excluding hydrogens is 437 g/mol. The van der Waals surface area contributed by atoms with Gasteiger partial charge in [-0.25, -0.2) is 0 Å². The number of alkyl halides is 3. The average Bonchev–Trinajstić information content (AvgIpc) is 2.98. The van der Waals surface area contributed by atoms with Crippen LogP contribution in [0.4, 0.5) is 13.2 Å². The largest absolute Gasteiger partial charge is 0.416 e. The molecule has 0 radical (unpaired) electrons. The number of nitrogens with zero attached hydrogens (tertiary/aromatic N) is 2. The van der Waals surface area contributed by atoms with Crippen LogP contribution in [0.2, 0.25) is 0 Å². The zero-order valence-electron chi connectivity index (χ0n) is 33.3. The van der Waals surface area contributed by atoms with Gasteiger partial charge in [-0.2, -0.15) is 13.2 Å². The minimum atomic E-state index is -4.83. The van der Waals surface area contributed by atoms with Gasteiger partial charge in [-0.15, -0.1) is 0 Å². The molecule has 2 aromatic carbocycles. The molecule has 1 saturated heterocycles. The number of benzene rings is 2. The Labute approximate surface area is 222 Å². The summed E-state index contributed by atoms with van der Waals surface area (Å²) in [4.78, 5) is 5.55. The molecule has 2 aliphatic rings. The topological polar surface area (TPSA) is 24.8 Å². The zero-order chi connectivity index (χ0) is 37.2. The van der Waals surface area contributed by atoms with E-state index in [1.165, 1.54) is 6.07 Å². The number of oxime groups is 1. The minimum absolute atomic E-state index is 0.0206. The fourth-order valence-electron chi connectivity index (χ4n) is 4.20. The maximum absolute atomic E-state index is 14.1. The van der Waals surface area contributed by atoms with Crippen LogP contribution in [-0.4, -0.2) is 23.6 Å². The Morgan fingerprint density at radius 3 is 2.71 bits per heavy atom. The first kappa shape index (κ1) is 12.1. The van der Waals surface area contributed by atoms with Gasteiger partial charge < -0.3 is 4.84 Å². The van der Waals surface area contributed by atoms with Crippen LogP contribution in [0.1, 0.15) is 112 Å². The molecule has 6 heteroatoms. The monoisotopic (exact) mass is 487 g/mol. The quantitative estimate of drug-likeness (QED) is 0.285. The van der Waals surface area contributed by atoms with E-state index in [4.69, 9.17) is 25.4 Å². The molecule has 0 unspecified atom stereocenters. The molecule has 0 bridgehead atoms. The van der Waals surface area contributed by atoms with E-state index in [1.807, 2.05) is 0 Å². The molecule has 1 saturated carbocycles. The maximum atomic E-state index is 14.1. The summed E-state index contributed by atoms with van der Waals surface area (Å²) in [6.45, 7) is -15.4. The van der Waals surface area contributed by atoms with Crippen LogP contribution < -0.4 is 0 Å². The van der Waals surface area contributed by atoms with Gasteiger partial charge in [0.25, 0.3) is 0 Å². The number of halogens is 3. The number of aryl methyl sites for hydroxylation is 1. The van der Waals surface area contributed by atoms with Gasteiger partial charge in [-0.1, -0.05) is 55.5 Å². The maximum Gasteiger partial charge on any atom is 0.416 e. The van der Waals surface area contributed by atoms with E-state index in [9.17, 15) is 13.2 Å². The van der Waals surface area contributed by atoms with Gasteiger partial charge in [-0.3, -0.25) is 4.90 Å². The summed E-state index contributed by atoms with van der Waals surface area (Å²) < 4.78 is 163. The van der Waals surface area contributed by atoms with Crippen molar-refractivity contribution < 1.29 is 38.6 Å². The van der Waals surface area contributed by atoms with Crippen LogP contribution in [0.5, 0.6) is 0 Å². The van der Waals surface area contributed by atoms with E-state index in [-0.39, 0.29) is 17.0 Å². The molecule has 1 aliphatic heterocycles. The summed E-state index contributed by atoms with van der Waals surface area (Å²) in [5.74, 6) is -0.369. The van der Waals surface area contributed by atoms with Crippen molar-refractivity contribution in [2.75, 3.05) is 13.0 Å². The summed E-state index contributed by atoms with van der Waals surface area (Å²) in [5.41, 5.74) is -4.04. The van der Waals surface area contributed by atoms with Gasteiger partial charge >= 0.3 is 6.18 Å². The first-order valence-corrected chi connectivity index (χ1v) is 11.0. The molecule has 3 nitrogen and oxygen atoms in total. The molecule has 0 N–H and O–H groups in total. The van der Waals surface area contributed by atoms with Crippen molar-refractivity contribution in [3.8, 4) is 0 Å². The molecule has 1 aliphatic carbocycles. The van der Waals surface area contributed by atoms with Crippen molar-refractivity contribution in [1.82, 2.24) is 4.90 Å². The summed E-state index contributed by atoms with van der Waals surface area (Å²) in [7, 11) is 0. The lowest BCUT2D eigenvalue weighted by atomic mass is 9.81. The lowest BCUT2D eigenvalue weighted by molar-refractivity contribution is -0.138. The van der Waals surface area contributed by atoms with E-state index in [0.29, 0.717) is 23.8 Å². The van der Waals surface area contributed by atoms with E-state index >= 15 is 0 Å². The van der Waals surface area contributed by atoms with Gasteiger partial charge in [0.2, 0.25) is 0 Å². The third-order valence-electron chi connectivity index (χ3n) is 5.99. The fourth-order valence-corrected chi connectivity index (χ4v) is 4.20. The minimum Gasteiger partial charge on any atom is -0.391 e. The van der Waals surface area contributed by atoms with Crippen molar-refractivity contribution in [1.29, 1.82) is 0 Å². The Hall–Kier alpha value is -2.34. The molecule has 0 spiro atoms. The highest BCUT2D eigenvalue weighted by Crippen LogP contribution is 2.41. The van der Waals surface area contributed by atoms with Crippen molar-refractivity contribution in [3.05, 3.63) is 69.8 Å². The Bertz CT molecular complexity index is 1550. The van der Waals surface area contributed by atoms with Gasteiger partial charge in [0.15, 0.2) is 0 Å². The molecule has 2 fully saturated rings. The Kier molecular flexibility index (Phi) is 3.88. The van der Waals surface area contributed by atoms with Gasteiger partial charge in [-0.05, 0) is 91.3 Å². The predicted molar refractivity (Wildman–Crippen MR) is 130 cm³/mol. The van der Waals surface area contributed by atoms with Crippen LogP contribution in [-0.2, 0) is 30.5 Å². The second-order valence-electron chi connectivity index (χ2n) is 8.25. The van der Waals surface area contributed by atoms with Crippen molar-refractivity contribution in [2.45, 2.75) is 83.8 Å². The number of hydrogen-bond acceptors (Lipinski definition) is 3. The number of hydrogen-bond donors (Lipinski definition) is 0. The molecule has 184 valence electrons. The molecule has 1 heterocycles. The van der Waals surface area contributed by atoms with E-state index in [0.717, 1.165) is 43.5 Å². The zero-order valence-corrected chi connectivity index (χ0v) is 18.3. The molecule has 34 heavy (non-hydrogen) atoms. The number of rotatable bonds is 8. The molecule has 0 aromatic heterocycles. The van der Waals surface area contributed by atoms with Crippen LogP contribution in [0.3, 0.4) is 0 Å². The van der Waals surface area contributed by atoms with Crippen molar-refractivity contribution >= 4 is 5.71 Å². The first-order chi connectivity index (χ1) is 22.1. The summed E-state index contributed by atoms with van der Waals surface area (Å²) >= 11 is 0. The highest BCUT2D eigenvalue weighted by molar-refractivity contribution is 5.98. The summed E-state index contributed by atoms with van der Waals surface area (Å²) in [5, 5.41) is 3.46. The van der Waals surface area contributed by atoms with Crippen LogP contribution in [0.25, 0.3) is 0 Å². The van der Waals surface area contributed by atoms with E-state index < -0.39 is 86.7 Å². The normalized spacial score (nSPS) is 29.7. The lowest BCUT2D eigenvalue weighted by Crippen LogP contribution is -2.36. The smallest absolute Gasteiger partial charge is 0.391 e. The van der Waals surface area contributed by atoms with Crippen molar-refractivity contribution in [2.24, 2.45) is 5.16 Å². The molecule has 0 amide bonds. The van der Waals surface area contributed by atoms with E-state index in [1.54, 1.807) is 0 Å². The van der Waals surface area contributed by atoms with Gasteiger partial charge in [0.1, 0.15) is 6.56 Å². The second-order valence-corrected chi connectivity index (χ2v) is 8.25. The molecule has 2 aromatic rings. The van der Waals surface area contributed by atoms with Crippen LogP contribution in [0, 0.1) is 0 Å². The van der Waals surface area contributed by atoms with Crippen LogP contribution >= 0.6 is 0 Å². The van der Waals surface area contributed by atoms with Crippen molar-refractivity contribution in [3.63, 3.8) is 0 Å². The summed E-state index contributed by atoms with van der Waals surface area (Å²) in [6.07, 6.45) is -6.38. The Morgan fingerprint density at radius 2 is 1.97 bits per heavy atom. The predicted octanol–water partition coefficient (Wildman–Crippen LogP) is 7.46. The highest BCUT2D eigenvalue weighted by atomic mass is 19.4. The standard InChI is InChI=1S/C28H35F3N2O/c1-3-22-17-24(11-12-25(22)18-33-14-7-15-33)20(2)32-34-19-21-10-13-26(23-8-5-4-6-9-23)27(16-21)28(29,30)31/h10-13,16-17,23H,3-9,14-15,18-19H2,1-2H3/b32-20+/i1D3,2D3,3D2,7D,14D2,15D2,19D2. The van der Waals surface area contributed by atoms with E-state index in [2.05, 4.69) is 5.16 Å². The number of likely N-dealkylation sites (tertiary alicyclic amines) is 1. The van der Waals surface area contributed by atoms with Gasteiger partial charge in [0, 0.05) is 24.4 Å². The third-order valence-corrected chi connectivity index (χ3v) is 5.99. The lowest BCUT2D eigenvalue weighted by Gasteiger charge is -2.31. The molecule has 0 atom stereocenters. The molecular formula is C28H35F3N2O. The average molecular weight is 488 g/mol. The third kappa shape index (κ3) is 6.01. The fraction of sp³-hybridized carbons (Fsp3) is 0.536. The Balaban J connectivity index is 1.77. The summed E-state index contributed by atoms with van der Waals surface area (Å²) in [6, 6.07) is 5.74.